The van der Waals surface area contributed by atoms with Crippen molar-refractivity contribution in [2.24, 2.45) is 5.92 Å². The first-order valence-corrected chi connectivity index (χ1v) is 7.08. The monoisotopic (exact) mass is 307 g/mol. The number of aromatic hydroxyl groups is 4. The molecule has 5 N–H and O–H groups in total. The van der Waals surface area contributed by atoms with Gasteiger partial charge in [0.1, 0.15) is 11.5 Å². The summed E-state index contributed by atoms with van der Waals surface area (Å²) >= 11 is 0. The van der Waals surface area contributed by atoms with Crippen LogP contribution in [0.4, 0.5) is 0 Å². The van der Waals surface area contributed by atoms with Gasteiger partial charge in [-0.1, -0.05) is 19.9 Å². The van der Waals surface area contributed by atoms with Crippen LogP contribution in [0.5, 0.6) is 23.3 Å². The minimum atomic E-state index is -0.442. The molecule has 6 nitrogen and oxygen atoms in total. The van der Waals surface area contributed by atoms with Crippen LogP contribution in [0, 0.1) is 5.92 Å². The van der Waals surface area contributed by atoms with Crippen LogP contribution in [-0.2, 0) is 6.42 Å². The van der Waals surface area contributed by atoms with Crippen LogP contribution in [0.2, 0.25) is 0 Å². The van der Waals surface area contributed by atoms with Crippen molar-refractivity contribution in [3.63, 3.8) is 0 Å². The lowest BCUT2D eigenvalue weighted by Gasteiger charge is -2.22. The first-order chi connectivity index (χ1) is 10.3. The van der Waals surface area contributed by atoms with Gasteiger partial charge in [-0.25, -0.2) is 0 Å². The fraction of sp³-hybridized carbons (Fsp3) is 0.375. The van der Waals surface area contributed by atoms with Crippen molar-refractivity contribution in [2.75, 3.05) is 6.61 Å². The van der Waals surface area contributed by atoms with Gasteiger partial charge in [0.05, 0.1) is 12.6 Å². The normalized spacial score (nSPS) is 12.7. The summed E-state index contributed by atoms with van der Waals surface area (Å²) in [5.41, 5.74) is 0.938. The zero-order valence-electron chi connectivity index (χ0n) is 12.6. The van der Waals surface area contributed by atoms with E-state index < -0.39 is 6.04 Å². The third kappa shape index (κ3) is 2.96. The molecule has 2 rings (SSSR count). The minimum absolute atomic E-state index is 0.0177. The Labute approximate surface area is 128 Å². The van der Waals surface area contributed by atoms with Gasteiger partial charge in [0.25, 0.3) is 0 Å². The van der Waals surface area contributed by atoms with Crippen molar-refractivity contribution in [2.45, 2.75) is 26.3 Å². The third-order valence-electron chi connectivity index (χ3n) is 3.80. The first-order valence-electron chi connectivity index (χ1n) is 7.08. The highest BCUT2D eigenvalue weighted by Crippen LogP contribution is 2.36. The second-order valence-corrected chi connectivity index (χ2v) is 5.71. The molecular weight excluding hydrogens is 286 g/mol. The van der Waals surface area contributed by atoms with E-state index in [1.54, 1.807) is 6.07 Å². The van der Waals surface area contributed by atoms with Crippen LogP contribution < -0.4 is 0 Å². The summed E-state index contributed by atoms with van der Waals surface area (Å²) in [6.45, 7) is 3.55. The van der Waals surface area contributed by atoms with Crippen LogP contribution >= 0.6 is 0 Å². The molecule has 2 aromatic rings. The molecule has 120 valence electrons. The van der Waals surface area contributed by atoms with Gasteiger partial charge < -0.3 is 25.5 Å². The van der Waals surface area contributed by atoms with Crippen LogP contribution in [-0.4, -0.2) is 36.7 Å². The number of hydrogen-bond donors (Lipinski definition) is 5. The van der Waals surface area contributed by atoms with Gasteiger partial charge >= 0.3 is 0 Å². The highest BCUT2D eigenvalue weighted by Gasteiger charge is 2.23. The molecule has 0 radical (unpaired) electrons. The van der Waals surface area contributed by atoms with Crippen molar-refractivity contribution < 1.29 is 25.5 Å². The van der Waals surface area contributed by atoms with Gasteiger partial charge in [-0.15, -0.1) is 0 Å². The Balaban J connectivity index is 2.37. The van der Waals surface area contributed by atoms with Crippen molar-refractivity contribution >= 4 is 0 Å². The average Bonchev–Trinajstić information content (AvgIpc) is 2.70. The van der Waals surface area contributed by atoms with Crippen molar-refractivity contribution in [1.82, 2.24) is 4.57 Å². The Morgan fingerprint density at radius 2 is 1.68 bits per heavy atom. The van der Waals surface area contributed by atoms with Crippen molar-refractivity contribution in [3.05, 3.63) is 35.4 Å². The second kappa shape index (κ2) is 6.19. The molecule has 0 spiro atoms. The number of hydrogen-bond acceptors (Lipinski definition) is 5. The largest absolute Gasteiger partial charge is 0.508 e. The van der Waals surface area contributed by atoms with Crippen LogP contribution in [0.25, 0.3) is 0 Å². The smallest absolute Gasteiger partial charge is 0.197 e. The van der Waals surface area contributed by atoms with Crippen molar-refractivity contribution in [3.8, 4) is 23.3 Å². The SMILES string of the molecule is CC(C)C(CO)n1c(O)cc(Cc2ccc(O)cc2O)c1O. The van der Waals surface area contributed by atoms with E-state index in [9.17, 15) is 25.5 Å². The highest BCUT2D eigenvalue weighted by atomic mass is 16.3. The van der Waals surface area contributed by atoms with E-state index in [1.165, 1.54) is 22.8 Å². The van der Waals surface area contributed by atoms with E-state index in [-0.39, 0.29) is 42.2 Å². The first kappa shape index (κ1) is 16.0. The molecule has 6 heteroatoms. The number of aliphatic hydroxyl groups is 1. The van der Waals surface area contributed by atoms with Gasteiger partial charge in [0, 0.05) is 24.1 Å². The summed E-state index contributed by atoms with van der Waals surface area (Å²) in [5.74, 6) is -0.402. The summed E-state index contributed by atoms with van der Waals surface area (Å²) in [5, 5.41) is 48.9. The summed E-state index contributed by atoms with van der Waals surface area (Å²) in [7, 11) is 0. The zero-order valence-corrected chi connectivity index (χ0v) is 12.6. The Morgan fingerprint density at radius 3 is 2.23 bits per heavy atom. The van der Waals surface area contributed by atoms with Gasteiger partial charge in [0.2, 0.25) is 0 Å². The maximum atomic E-state index is 10.3. The maximum absolute atomic E-state index is 10.3. The predicted molar refractivity (Wildman–Crippen MR) is 81.3 cm³/mol. The quantitative estimate of drug-likeness (QED) is 0.581. The summed E-state index contributed by atoms with van der Waals surface area (Å²) in [6.07, 6.45) is 0.189. The molecule has 0 aliphatic heterocycles. The Morgan fingerprint density at radius 1 is 1.00 bits per heavy atom. The summed E-state index contributed by atoms with van der Waals surface area (Å²) < 4.78 is 1.29. The van der Waals surface area contributed by atoms with E-state index in [4.69, 9.17) is 0 Å². The topological polar surface area (TPSA) is 106 Å². The van der Waals surface area contributed by atoms with Gasteiger partial charge in [-0.05, 0) is 17.5 Å². The third-order valence-corrected chi connectivity index (χ3v) is 3.80. The molecule has 0 fully saturated rings. The fourth-order valence-electron chi connectivity index (χ4n) is 2.51. The molecule has 0 aliphatic rings. The van der Waals surface area contributed by atoms with Crippen LogP contribution in [0.1, 0.15) is 31.0 Å². The lowest BCUT2D eigenvalue weighted by molar-refractivity contribution is 0.173. The summed E-state index contributed by atoms with van der Waals surface area (Å²) in [6, 6.07) is 5.17. The standard InChI is InChI=1S/C16H21NO5/c1-9(2)13(8-18)17-15(21)6-11(16(17)22)5-10-3-4-12(19)7-14(10)20/h3-4,6-7,9,13,18-22H,5,8H2,1-2H3. The maximum Gasteiger partial charge on any atom is 0.197 e. The molecule has 1 aromatic heterocycles. The van der Waals surface area contributed by atoms with E-state index >= 15 is 0 Å². The van der Waals surface area contributed by atoms with E-state index in [0.29, 0.717) is 11.1 Å². The molecular formula is C16H21NO5. The lowest BCUT2D eigenvalue weighted by Crippen LogP contribution is -2.18. The minimum Gasteiger partial charge on any atom is -0.508 e. The number of benzene rings is 1. The van der Waals surface area contributed by atoms with E-state index in [2.05, 4.69) is 0 Å². The zero-order chi connectivity index (χ0) is 16.4. The molecule has 0 amide bonds. The number of phenolic OH excluding ortho intramolecular Hbond substituents is 2. The number of rotatable bonds is 5. The van der Waals surface area contributed by atoms with Crippen LogP contribution in [0.3, 0.4) is 0 Å². The number of aliphatic hydroxyl groups excluding tert-OH is 1. The van der Waals surface area contributed by atoms with Gasteiger partial charge in [-0.2, -0.15) is 0 Å². The molecule has 1 aromatic carbocycles. The molecule has 0 saturated heterocycles. The number of nitrogens with zero attached hydrogens (tertiary/aromatic N) is 1. The summed E-state index contributed by atoms with van der Waals surface area (Å²) in [4.78, 5) is 0. The molecule has 1 unspecified atom stereocenters. The fourth-order valence-corrected chi connectivity index (χ4v) is 2.51. The highest BCUT2D eigenvalue weighted by molar-refractivity contribution is 5.45. The molecule has 0 bridgehead atoms. The molecule has 22 heavy (non-hydrogen) atoms. The predicted octanol–water partition coefficient (Wildman–Crippen LogP) is 2.09. The number of aromatic nitrogens is 1. The van der Waals surface area contributed by atoms with Gasteiger partial charge in [0.15, 0.2) is 11.8 Å². The Bertz CT molecular complexity index is 663. The van der Waals surface area contributed by atoms with E-state index in [1.807, 2.05) is 13.8 Å². The van der Waals surface area contributed by atoms with E-state index in [0.717, 1.165) is 0 Å². The van der Waals surface area contributed by atoms with Crippen molar-refractivity contribution in [1.29, 1.82) is 0 Å². The molecule has 0 saturated carbocycles. The van der Waals surface area contributed by atoms with Crippen LogP contribution in [0.15, 0.2) is 24.3 Å². The Hall–Kier alpha value is -2.34. The molecule has 1 atom stereocenters. The average molecular weight is 307 g/mol. The Kier molecular flexibility index (Phi) is 4.51. The lowest BCUT2D eigenvalue weighted by atomic mass is 10.0. The second-order valence-electron chi connectivity index (χ2n) is 5.71. The molecule has 0 aliphatic carbocycles. The number of phenols is 2. The molecule has 1 heterocycles. The van der Waals surface area contributed by atoms with Gasteiger partial charge in [-0.3, -0.25) is 4.57 Å².